The van der Waals surface area contributed by atoms with Gasteiger partial charge in [-0.2, -0.15) is 5.10 Å². The number of pyridine rings is 1. The number of halogens is 2. The van der Waals surface area contributed by atoms with E-state index in [-0.39, 0.29) is 23.1 Å². The second-order valence-electron chi connectivity index (χ2n) is 8.96. The lowest BCUT2D eigenvalue weighted by molar-refractivity contribution is -0.137. The van der Waals surface area contributed by atoms with Gasteiger partial charge in [-0.3, -0.25) is 9.59 Å². The summed E-state index contributed by atoms with van der Waals surface area (Å²) >= 11 is 12.3. The van der Waals surface area contributed by atoms with Crippen molar-refractivity contribution in [3.8, 4) is 0 Å². The number of hydrogen-bond donors (Lipinski definition) is 1. The van der Waals surface area contributed by atoms with Crippen molar-refractivity contribution >= 4 is 46.9 Å². The number of aromatic nitrogens is 1. The Morgan fingerprint density at radius 3 is 2.62 bits per heavy atom. The molecule has 0 spiro atoms. The number of carbonyl (C=O) groups excluding carboxylic acids is 2. The van der Waals surface area contributed by atoms with Crippen LogP contribution in [-0.2, 0) is 9.53 Å². The SMILES string of the molecule is O=C(OCC(=O)N1N=C2C(=Cc3cccc(Cl)c3)CCCC2C1c1ccc(Cl)cc1)c1ccc(=O)[nH]c1. The summed E-state index contributed by atoms with van der Waals surface area (Å²) in [5.74, 6) is -1.17. The van der Waals surface area contributed by atoms with Crippen molar-refractivity contribution in [2.45, 2.75) is 25.3 Å². The maximum Gasteiger partial charge on any atom is 0.340 e. The van der Waals surface area contributed by atoms with Gasteiger partial charge >= 0.3 is 5.97 Å². The van der Waals surface area contributed by atoms with Crippen LogP contribution in [0.1, 0.15) is 46.8 Å². The Kier molecular flexibility index (Phi) is 7.26. The third-order valence-corrected chi connectivity index (χ3v) is 6.99. The van der Waals surface area contributed by atoms with Gasteiger partial charge in [-0.25, -0.2) is 9.80 Å². The predicted molar refractivity (Wildman–Crippen MR) is 143 cm³/mol. The third kappa shape index (κ3) is 5.53. The minimum absolute atomic E-state index is 0.0146. The predicted octanol–water partition coefficient (Wildman–Crippen LogP) is 5.66. The van der Waals surface area contributed by atoms with Crippen LogP contribution in [0.4, 0.5) is 0 Å². The molecule has 3 aromatic rings. The second kappa shape index (κ2) is 10.7. The van der Waals surface area contributed by atoms with Crippen LogP contribution in [0, 0.1) is 5.92 Å². The van der Waals surface area contributed by atoms with Gasteiger partial charge in [-0.05, 0) is 72.4 Å². The lowest BCUT2D eigenvalue weighted by Crippen LogP contribution is -2.34. The number of amides is 1. The summed E-state index contributed by atoms with van der Waals surface area (Å²) < 4.78 is 5.26. The molecule has 1 aliphatic carbocycles. The standard InChI is InChI=1S/C28H23Cl2N3O4/c29-21-10-7-18(8-11-21)27-23-6-2-4-19(13-17-3-1-5-22(30)14-17)26(23)32-33(27)25(35)16-37-28(36)20-9-12-24(34)31-15-20/h1,3,5,7-15,23,27H,2,4,6,16H2,(H,31,34). The quantitative estimate of drug-likeness (QED) is 0.426. The van der Waals surface area contributed by atoms with E-state index in [0.717, 1.165) is 41.7 Å². The van der Waals surface area contributed by atoms with Gasteiger partial charge in [0.1, 0.15) is 0 Å². The molecule has 1 N–H and O–H groups in total. The second-order valence-corrected chi connectivity index (χ2v) is 9.83. The van der Waals surface area contributed by atoms with Crippen LogP contribution in [0.2, 0.25) is 10.0 Å². The molecule has 188 valence electrons. The summed E-state index contributed by atoms with van der Waals surface area (Å²) in [6.45, 7) is -0.487. The Labute approximate surface area is 223 Å². The van der Waals surface area contributed by atoms with Crippen molar-refractivity contribution in [1.82, 2.24) is 9.99 Å². The van der Waals surface area contributed by atoms with E-state index in [1.807, 2.05) is 36.4 Å². The van der Waals surface area contributed by atoms with Crippen molar-refractivity contribution in [2.75, 3.05) is 6.61 Å². The number of fused-ring (bicyclic) bond motifs is 1. The number of carbonyl (C=O) groups is 2. The molecular weight excluding hydrogens is 513 g/mol. The van der Waals surface area contributed by atoms with E-state index in [2.05, 4.69) is 11.1 Å². The summed E-state index contributed by atoms with van der Waals surface area (Å²) in [6.07, 6.45) is 5.96. The van der Waals surface area contributed by atoms with Gasteiger partial charge in [0.05, 0.1) is 17.3 Å². The van der Waals surface area contributed by atoms with Crippen molar-refractivity contribution < 1.29 is 14.3 Å². The number of hydrogen-bond acceptors (Lipinski definition) is 5. The van der Waals surface area contributed by atoms with E-state index >= 15 is 0 Å². The third-order valence-electron chi connectivity index (χ3n) is 6.50. The molecule has 2 aromatic carbocycles. The Balaban J connectivity index is 1.44. The van der Waals surface area contributed by atoms with Crippen molar-refractivity contribution in [3.05, 3.63) is 110 Å². The fourth-order valence-electron chi connectivity index (χ4n) is 4.81. The first-order valence-electron chi connectivity index (χ1n) is 11.9. The highest BCUT2D eigenvalue weighted by molar-refractivity contribution is 6.31. The average Bonchev–Trinajstić information content (AvgIpc) is 3.29. The molecule has 1 saturated carbocycles. The molecule has 2 heterocycles. The van der Waals surface area contributed by atoms with Crippen LogP contribution in [0.15, 0.2) is 82.3 Å². The Morgan fingerprint density at radius 1 is 1.08 bits per heavy atom. The van der Waals surface area contributed by atoms with Crippen molar-refractivity contribution in [2.24, 2.45) is 11.0 Å². The highest BCUT2D eigenvalue weighted by Gasteiger charge is 2.43. The highest BCUT2D eigenvalue weighted by Crippen LogP contribution is 2.44. The molecule has 0 radical (unpaired) electrons. The molecule has 1 fully saturated rings. The van der Waals surface area contributed by atoms with Crippen LogP contribution in [0.25, 0.3) is 6.08 Å². The zero-order valence-electron chi connectivity index (χ0n) is 19.7. The van der Waals surface area contributed by atoms with E-state index in [1.54, 1.807) is 12.1 Å². The summed E-state index contributed by atoms with van der Waals surface area (Å²) in [7, 11) is 0. The number of nitrogens with zero attached hydrogens (tertiary/aromatic N) is 2. The van der Waals surface area contributed by atoms with Crippen LogP contribution in [0.5, 0.6) is 0 Å². The number of hydrazone groups is 1. The summed E-state index contributed by atoms with van der Waals surface area (Å²) in [6, 6.07) is 17.2. The van der Waals surface area contributed by atoms with E-state index < -0.39 is 18.5 Å². The maximum atomic E-state index is 13.4. The molecule has 2 atom stereocenters. The zero-order valence-corrected chi connectivity index (χ0v) is 21.2. The number of benzene rings is 2. The Bertz CT molecular complexity index is 1440. The molecule has 0 saturated heterocycles. The van der Waals surface area contributed by atoms with Crippen molar-refractivity contribution in [1.29, 1.82) is 0 Å². The molecular formula is C28H23Cl2N3O4. The molecule has 1 amide bonds. The normalized spacial score (nSPS) is 19.9. The van der Waals surface area contributed by atoms with Gasteiger partial charge < -0.3 is 9.72 Å². The number of H-pyrrole nitrogens is 1. The fourth-order valence-corrected chi connectivity index (χ4v) is 5.14. The Morgan fingerprint density at radius 2 is 1.89 bits per heavy atom. The minimum atomic E-state index is -0.710. The highest BCUT2D eigenvalue weighted by atomic mass is 35.5. The number of nitrogens with one attached hydrogen (secondary N) is 1. The molecule has 5 rings (SSSR count). The topological polar surface area (TPSA) is 91.8 Å². The van der Waals surface area contributed by atoms with Crippen LogP contribution < -0.4 is 5.56 Å². The lowest BCUT2D eigenvalue weighted by atomic mass is 9.77. The van der Waals surface area contributed by atoms with Gasteiger partial charge in [0, 0.05) is 28.2 Å². The van der Waals surface area contributed by atoms with Crippen LogP contribution >= 0.6 is 23.2 Å². The van der Waals surface area contributed by atoms with E-state index in [0.29, 0.717) is 10.0 Å². The van der Waals surface area contributed by atoms with Gasteiger partial charge in [0.2, 0.25) is 5.56 Å². The van der Waals surface area contributed by atoms with E-state index in [9.17, 15) is 14.4 Å². The summed E-state index contributed by atoms with van der Waals surface area (Å²) in [5.41, 5.74) is 3.58. The molecule has 9 heteroatoms. The molecule has 0 bridgehead atoms. The number of ether oxygens (including phenoxy) is 1. The van der Waals surface area contributed by atoms with Gasteiger partial charge in [0.25, 0.3) is 5.91 Å². The average molecular weight is 536 g/mol. The van der Waals surface area contributed by atoms with Crippen molar-refractivity contribution in [3.63, 3.8) is 0 Å². The van der Waals surface area contributed by atoms with E-state index in [1.165, 1.54) is 23.3 Å². The van der Waals surface area contributed by atoms with Gasteiger partial charge in [-0.15, -0.1) is 0 Å². The van der Waals surface area contributed by atoms with Crippen LogP contribution in [-0.4, -0.2) is 34.2 Å². The smallest absolute Gasteiger partial charge is 0.340 e. The molecule has 7 nitrogen and oxygen atoms in total. The summed E-state index contributed by atoms with van der Waals surface area (Å²) in [5, 5.41) is 7.46. The minimum Gasteiger partial charge on any atom is -0.452 e. The number of esters is 1. The van der Waals surface area contributed by atoms with E-state index in [4.69, 9.17) is 33.0 Å². The molecule has 1 aromatic heterocycles. The van der Waals surface area contributed by atoms with Gasteiger partial charge in [0.15, 0.2) is 6.61 Å². The summed E-state index contributed by atoms with van der Waals surface area (Å²) in [4.78, 5) is 39.4. The molecule has 2 unspecified atom stereocenters. The van der Waals surface area contributed by atoms with Gasteiger partial charge in [-0.1, -0.05) is 47.5 Å². The molecule has 2 aliphatic rings. The first-order valence-corrected chi connectivity index (χ1v) is 12.6. The Hall–Kier alpha value is -3.68. The lowest BCUT2D eigenvalue weighted by Gasteiger charge is -2.29. The molecule has 1 aliphatic heterocycles. The zero-order chi connectivity index (χ0) is 25.9. The first-order chi connectivity index (χ1) is 17.9. The first kappa shape index (κ1) is 25.0. The number of rotatable bonds is 5. The number of aromatic amines is 1. The largest absolute Gasteiger partial charge is 0.452 e. The number of allylic oxidation sites excluding steroid dienone is 1. The molecule has 37 heavy (non-hydrogen) atoms. The fraction of sp³-hybridized carbons (Fsp3) is 0.214. The maximum absolute atomic E-state index is 13.4. The van der Waals surface area contributed by atoms with Crippen LogP contribution in [0.3, 0.4) is 0 Å². The monoisotopic (exact) mass is 535 g/mol.